The molecule has 0 aromatic heterocycles. The third-order valence-electron chi connectivity index (χ3n) is 4.25. The third kappa shape index (κ3) is 5.70. The van der Waals surface area contributed by atoms with Crippen molar-refractivity contribution in [2.24, 2.45) is 0 Å². The fraction of sp³-hybridized carbons (Fsp3) is 0.273. The minimum Gasteiger partial charge on any atom is -0.509 e. The van der Waals surface area contributed by atoms with Crippen LogP contribution in [0.15, 0.2) is 72.0 Å². The van der Waals surface area contributed by atoms with Crippen molar-refractivity contribution in [3.8, 4) is 6.07 Å². The first-order chi connectivity index (χ1) is 13.1. The number of hydrogen-bond acceptors (Lipinski definition) is 5. The highest BCUT2D eigenvalue weighted by atomic mass is 16.5. The maximum Gasteiger partial charge on any atom is 0.352 e. The molecule has 1 N–H and O–H groups in total. The summed E-state index contributed by atoms with van der Waals surface area (Å²) >= 11 is 0. The van der Waals surface area contributed by atoms with E-state index in [-0.39, 0.29) is 17.9 Å². The monoisotopic (exact) mass is 364 g/mol. The molecule has 0 radical (unpaired) electrons. The van der Waals surface area contributed by atoms with Gasteiger partial charge in [0, 0.05) is 13.1 Å². The lowest BCUT2D eigenvalue weighted by molar-refractivity contribution is -0.138. The number of nitriles is 1. The molecule has 0 amide bonds. The second-order valence-corrected chi connectivity index (χ2v) is 6.14. The summed E-state index contributed by atoms with van der Waals surface area (Å²) in [5.41, 5.74) is 1.79. The molecule has 0 saturated heterocycles. The van der Waals surface area contributed by atoms with Crippen molar-refractivity contribution in [1.29, 1.82) is 5.26 Å². The number of aliphatic hydroxyl groups is 1. The molecule has 2 aromatic carbocycles. The van der Waals surface area contributed by atoms with Gasteiger partial charge in [-0.05, 0) is 25.0 Å². The number of ether oxygens (including phenoxy) is 1. The van der Waals surface area contributed by atoms with Crippen molar-refractivity contribution in [1.82, 2.24) is 4.90 Å². The van der Waals surface area contributed by atoms with E-state index in [1.165, 1.54) is 0 Å². The van der Waals surface area contributed by atoms with E-state index in [4.69, 9.17) is 4.74 Å². The van der Waals surface area contributed by atoms with Crippen LogP contribution in [0.2, 0.25) is 0 Å². The highest BCUT2D eigenvalue weighted by Gasteiger charge is 2.25. The Morgan fingerprint density at radius 2 is 1.56 bits per heavy atom. The average Bonchev–Trinajstić information content (AvgIpc) is 2.69. The van der Waals surface area contributed by atoms with Crippen molar-refractivity contribution in [2.45, 2.75) is 33.0 Å². The normalized spacial score (nSPS) is 12.8. The largest absolute Gasteiger partial charge is 0.509 e. The Bertz CT molecular complexity index is 769. The predicted molar refractivity (Wildman–Crippen MR) is 103 cm³/mol. The van der Waals surface area contributed by atoms with Crippen LogP contribution in [0.3, 0.4) is 0 Å². The molecule has 0 bridgehead atoms. The molecule has 0 fully saturated rings. The topological polar surface area (TPSA) is 73.6 Å². The van der Waals surface area contributed by atoms with Gasteiger partial charge in [-0.1, -0.05) is 60.7 Å². The van der Waals surface area contributed by atoms with Crippen LogP contribution in [-0.2, 0) is 22.6 Å². The van der Waals surface area contributed by atoms with Gasteiger partial charge in [0.25, 0.3) is 0 Å². The van der Waals surface area contributed by atoms with Crippen LogP contribution in [0, 0.1) is 11.3 Å². The maximum atomic E-state index is 12.0. The summed E-state index contributed by atoms with van der Waals surface area (Å²) in [6, 6.07) is 21.0. The zero-order valence-electron chi connectivity index (χ0n) is 15.6. The fourth-order valence-electron chi connectivity index (χ4n) is 2.76. The molecule has 0 heterocycles. The van der Waals surface area contributed by atoms with Gasteiger partial charge in [0.1, 0.15) is 11.8 Å². The Morgan fingerprint density at radius 1 is 1.07 bits per heavy atom. The molecule has 1 atom stereocenters. The van der Waals surface area contributed by atoms with Gasteiger partial charge in [0.05, 0.1) is 12.6 Å². The molecular weight excluding hydrogens is 340 g/mol. The summed E-state index contributed by atoms with van der Waals surface area (Å²) in [6.07, 6.45) is 0. The van der Waals surface area contributed by atoms with E-state index in [1.807, 2.05) is 65.6 Å². The Balaban J connectivity index is 2.32. The molecule has 0 spiro atoms. The van der Waals surface area contributed by atoms with Gasteiger partial charge in [0.15, 0.2) is 5.57 Å². The first-order valence-electron chi connectivity index (χ1n) is 8.89. The molecule has 5 nitrogen and oxygen atoms in total. The molecule has 1 unspecified atom stereocenters. The van der Waals surface area contributed by atoms with E-state index in [9.17, 15) is 15.2 Å². The minimum atomic E-state index is -0.802. The number of aliphatic hydroxyl groups excluding tert-OH is 1. The number of carbonyl (C=O) groups excluding carboxylic acids is 1. The average molecular weight is 364 g/mol. The van der Waals surface area contributed by atoms with Gasteiger partial charge in [0.2, 0.25) is 0 Å². The first-order valence-corrected chi connectivity index (χ1v) is 8.89. The zero-order chi connectivity index (χ0) is 19.6. The van der Waals surface area contributed by atoms with Crippen LogP contribution >= 0.6 is 0 Å². The Hall–Kier alpha value is -3.10. The van der Waals surface area contributed by atoms with Crippen LogP contribution in [0.5, 0.6) is 0 Å². The number of rotatable bonds is 8. The molecule has 2 aromatic rings. The molecule has 0 saturated carbocycles. The molecule has 0 aliphatic heterocycles. The van der Waals surface area contributed by atoms with Crippen molar-refractivity contribution in [3.05, 3.63) is 83.1 Å². The molecule has 0 aliphatic carbocycles. The van der Waals surface area contributed by atoms with Crippen LogP contribution in [-0.4, -0.2) is 28.6 Å². The Morgan fingerprint density at radius 3 is 1.96 bits per heavy atom. The van der Waals surface area contributed by atoms with E-state index < -0.39 is 12.0 Å². The van der Waals surface area contributed by atoms with Gasteiger partial charge in [-0.2, -0.15) is 5.26 Å². The number of esters is 1. The minimum absolute atomic E-state index is 0.142. The number of hydrogen-bond donors (Lipinski definition) is 1. The van der Waals surface area contributed by atoms with E-state index >= 15 is 0 Å². The van der Waals surface area contributed by atoms with Crippen molar-refractivity contribution < 1.29 is 14.6 Å². The van der Waals surface area contributed by atoms with E-state index in [1.54, 1.807) is 19.9 Å². The Labute approximate surface area is 160 Å². The van der Waals surface area contributed by atoms with E-state index in [0.717, 1.165) is 11.1 Å². The lowest BCUT2D eigenvalue weighted by atomic mass is 10.1. The number of nitrogens with zero attached hydrogens (tertiary/aromatic N) is 2. The molecule has 140 valence electrons. The highest BCUT2D eigenvalue weighted by molar-refractivity contribution is 5.93. The van der Waals surface area contributed by atoms with Crippen molar-refractivity contribution in [2.75, 3.05) is 6.61 Å². The van der Waals surface area contributed by atoms with Crippen molar-refractivity contribution in [3.63, 3.8) is 0 Å². The smallest absolute Gasteiger partial charge is 0.352 e. The van der Waals surface area contributed by atoms with Gasteiger partial charge < -0.3 is 9.84 Å². The molecule has 5 heteroatoms. The van der Waals surface area contributed by atoms with Gasteiger partial charge >= 0.3 is 5.97 Å². The van der Waals surface area contributed by atoms with Crippen LogP contribution < -0.4 is 0 Å². The summed E-state index contributed by atoms with van der Waals surface area (Å²) in [6.45, 7) is 4.69. The summed E-state index contributed by atoms with van der Waals surface area (Å²) in [4.78, 5) is 14.0. The lowest BCUT2D eigenvalue weighted by Crippen LogP contribution is -2.35. The molecule has 27 heavy (non-hydrogen) atoms. The predicted octanol–water partition coefficient (Wildman–Crippen LogP) is 3.98. The summed E-state index contributed by atoms with van der Waals surface area (Å²) < 4.78 is 4.88. The summed E-state index contributed by atoms with van der Waals surface area (Å²) in [5, 5.41) is 19.9. The number of carbonyl (C=O) groups is 1. The van der Waals surface area contributed by atoms with Crippen LogP contribution in [0.25, 0.3) is 0 Å². The zero-order valence-corrected chi connectivity index (χ0v) is 15.6. The lowest BCUT2D eigenvalue weighted by Gasteiger charge is -2.29. The molecule has 0 aliphatic rings. The first kappa shape index (κ1) is 20.2. The van der Waals surface area contributed by atoms with E-state index in [0.29, 0.717) is 13.1 Å². The van der Waals surface area contributed by atoms with Crippen LogP contribution in [0.4, 0.5) is 0 Å². The molecule has 2 rings (SSSR count). The Kier molecular flexibility index (Phi) is 7.60. The van der Waals surface area contributed by atoms with Gasteiger partial charge in [-0.15, -0.1) is 0 Å². The van der Waals surface area contributed by atoms with Crippen LogP contribution in [0.1, 0.15) is 25.0 Å². The highest BCUT2D eigenvalue weighted by Crippen LogP contribution is 2.19. The summed E-state index contributed by atoms with van der Waals surface area (Å²) in [5.74, 6) is -1.08. The quantitative estimate of drug-likeness (QED) is 0.332. The molecular formula is C22H24N2O3. The van der Waals surface area contributed by atoms with Crippen molar-refractivity contribution >= 4 is 5.97 Å². The number of benzene rings is 2. The maximum absolute atomic E-state index is 12.0. The third-order valence-corrected chi connectivity index (χ3v) is 4.25. The SMILES string of the molecule is CCOC(=O)/C(C#N)=C(/O)C(C)N(Cc1ccccc1)Cc1ccccc1. The standard InChI is InChI=1S/C22H24N2O3/c1-3-27-22(26)20(14-23)21(25)17(2)24(15-18-10-6-4-7-11-18)16-19-12-8-5-9-13-19/h4-13,17,25H,3,15-16H2,1-2H3/b21-20+. The van der Waals surface area contributed by atoms with E-state index in [2.05, 4.69) is 0 Å². The fourth-order valence-corrected chi connectivity index (χ4v) is 2.76. The van der Waals surface area contributed by atoms with Gasteiger partial charge in [-0.25, -0.2) is 4.79 Å². The summed E-state index contributed by atoms with van der Waals surface area (Å²) in [7, 11) is 0. The second-order valence-electron chi connectivity index (χ2n) is 6.14. The second kappa shape index (κ2) is 10.1. The van der Waals surface area contributed by atoms with Gasteiger partial charge in [-0.3, -0.25) is 4.90 Å².